The molecule has 0 atom stereocenters. The first kappa shape index (κ1) is 21.8. The number of anilines is 1. The second kappa shape index (κ2) is 9.75. The number of non-ortho nitro benzene ring substituents is 1. The van der Waals surface area contributed by atoms with E-state index in [1.165, 1.54) is 12.1 Å². The highest BCUT2D eigenvalue weighted by atomic mass is 32.2. The lowest BCUT2D eigenvalue weighted by Crippen LogP contribution is -2.40. The molecule has 1 aromatic rings. The van der Waals surface area contributed by atoms with Gasteiger partial charge in [0.1, 0.15) is 4.90 Å². The number of hydrogen-bond donors (Lipinski definition) is 3. The van der Waals surface area contributed by atoms with Crippen LogP contribution in [-0.2, 0) is 10.0 Å². The van der Waals surface area contributed by atoms with Crippen LogP contribution in [0.25, 0.3) is 0 Å². The predicted molar refractivity (Wildman–Crippen MR) is 112 cm³/mol. The number of guanidine groups is 1. The van der Waals surface area contributed by atoms with Crippen LogP contribution < -0.4 is 15.4 Å². The Morgan fingerprint density at radius 3 is 2.43 bits per heavy atom. The number of nitriles is 1. The van der Waals surface area contributed by atoms with Crippen molar-refractivity contribution < 1.29 is 13.3 Å². The highest BCUT2D eigenvalue weighted by molar-refractivity contribution is 7.90. The van der Waals surface area contributed by atoms with E-state index in [-0.39, 0.29) is 28.6 Å². The first-order valence-corrected chi connectivity index (χ1v) is 11.7. The number of nitrogens with zero attached hydrogens (tertiary/aromatic N) is 3. The Balaban J connectivity index is 1.91. The monoisotopic (exact) mass is 434 g/mol. The molecular weight excluding hydrogens is 408 g/mol. The van der Waals surface area contributed by atoms with Crippen LogP contribution in [0.1, 0.15) is 57.8 Å². The molecule has 2 aliphatic carbocycles. The van der Waals surface area contributed by atoms with Crippen molar-refractivity contribution in [3.05, 3.63) is 28.3 Å². The summed E-state index contributed by atoms with van der Waals surface area (Å²) < 4.78 is 28.6. The van der Waals surface area contributed by atoms with E-state index >= 15 is 0 Å². The van der Waals surface area contributed by atoms with Crippen molar-refractivity contribution in [2.75, 3.05) is 5.32 Å². The van der Waals surface area contributed by atoms with Gasteiger partial charge in [-0.2, -0.15) is 5.26 Å². The Morgan fingerprint density at radius 2 is 1.80 bits per heavy atom. The van der Waals surface area contributed by atoms with E-state index in [1.807, 2.05) is 0 Å². The van der Waals surface area contributed by atoms with Gasteiger partial charge in [0.25, 0.3) is 15.7 Å². The molecule has 11 heteroatoms. The molecule has 3 rings (SSSR count). The number of benzene rings is 1. The Hall–Kier alpha value is -2.87. The standard InChI is InChI=1S/C19H26N6O4S/c20-13-21-19(23-15-6-2-1-3-7-15)24-30(28,29)18-12-16(25(26)27)10-11-17(18)22-14-8-4-5-9-14/h10-12,14-15,22H,1-9H2,(H2,21,23,24). The van der Waals surface area contributed by atoms with Crippen molar-refractivity contribution in [3.63, 3.8) is 0 Å². The van der Waals surface area contributed by atoms with Crippen LogP contribution in [0.15, 0.2) is 28.1 Å². The molecule has 2 fully saturated rings. The molecule has 1 aromatic carbocycles. The van der Waals surface area contributed by atoms with Gasteiger partial charge in [0.15, 0.2) is 6.19 Å². The minimum absolute atomic E-state index is 0.0708. The number of sulfonamides is 1. The van der Waals surface area contributed by atoms with E-state index < -0.39 is 14.9 Å². The van der Waals surface area contributed by atoms with Crippen molar-refractivity contribution in [3.8, 4) is 6.19 Å². The van der Waals surface area contributed by atoms with Crippen LogP contribution in [0.5, 0.6) is 0 Å². The summed E-state index contributed by atoms with van der Waals surface area (Å²) in [7, 11) is -4.22. The van der Waals surface area contributed by atoms with Gasteiger partial charge in [-0.05, 0) is 31.7 Å². The quantitative estimate of drug-likeness (QED) is 0.155. The van der Waals surface area contributed by atoms with Crippen LogP contribution in [0.2, 0.25) is 0 Å². The lowest BCUT2D eigenvalue weighted by atomic mass is 9.96. The van der Waals surface area contributed by atoms with Gasteiger partial charge in [-0.25, -0.2) is 18.1 Å². The summed E-state index contributed by atoms with van der Waals surface area (Å²) in [5, 5.41) is 25.7. The average Bonchev–Trinajstić information content (AvgIpc) is 3.22. The summed E-state index contributed by atoms with van der Waals surface area (Å²) >= 11 is 0. The smallest absolute Gasteiger partial charge is 0.270 e. The zero-order valence-corrected chi connectivity index (χ0v) is 17.5. The average molecular weight is 435 g/mol. The molecule has 3 N–H and O–H groups in total. The van der Waals surface area contributed by atoms with Gasteiger partial charge in [-0.15, -0.1) is 0 Å². The second-order valence-corrected chi connectivity index (χ2v) is 9.33. The fraction of sp³-hybridized carbons (Fsp3) is 0.579. The third-order valence-electron chi connectivity index (χ3n) is 5.47. The Morgan fingerprint density at radius 1 is 1.13 bits per heavy atom. The molecule has 2 aliphatic rings. The van der Waals surface area contributed by atoms with Gasteiger partial charge in [0, 0.05) is 18.2 Å². The maximum absolute atomic E-state index is 13.1. The van der Waals surface area contributed by atoms with Crippen molar-refractivity contribution in [2.24, 2.45) is 4.99 Å². The van der Waals surface area contributed by atoms with Crippen LogP contribution in [0.3, 0.4) is 0 Å². The minimum atomic E-state index is -4.22. The van der Waals surface area contributed by atoms with Gasteiger partial charge in [0.2, 0.25) is 5.96 Å². The minimum Gasteiger partial charge on any atom is -0.381 e. The van der Waals surface area contributed by atoms with E-state index in [1.54, 1.807) is 6.19 Å². The van der Waals surface area contributed by atoms with Gasteiger partial charge in [0.05, 0.1) is 16.7 Å². The lowest BCUT2D eigenvalue weighted by Gasteiger charge is -2.20. The molecular formula is C19H26N6O4S. The van der Waals surface area contributed by atoms with E-state index in [4.69, 9.17) is 5.26 Å². The first-order valence-electron chi connectivity index (χ1n) is 10.2. The molecule has 0 aliphatic heterocycles. The summed E-state index contributed by atoms with van der Waals surface area (Å²) in [6.45, 7) is 0. The van der Waals surface area contributed by atoms with Gasteiger partial charge in [-0.3, -0.25) is 15.4 Å². The topological polar surface area (TPSA) is 150 Å². The third-order valence-corrected chi connectivity index (χ3v) is 6.85. The Bertz CT molecular complexity index is 944. The second-order valence-electron chi connectivity index (χ2n) is 7.68. The summed E-state index contributed by atoms with van der Waals surface area (Å²) in [6, 6.07) is 3.78. The Kier molecular flexibility index (Phi) is 7.10. The molecule has 30 heavy (non-hydrogen) atoms. The number of aliphatic imine (C=N–C) groups is 1. The summed E-state index contributed by atoms with van der Waals surface area (Å²) in [5.74, 6) is -0.164. The number of rotatable bonds is 6. The normalized spacial score (nSPS) is 18.6. The Labute approximate surface area is 176 Å². The maximum Gasteiger partial charge on any atom is 0.270 e. The zero-order valence-electron chi connectivity index (χ0n) is 16.6. The van der Waals surface area contributed by atoms with Crippen LogP contribution in [0, 0.1) is 21.6 Å². The molecule has 0 saturated heterocycles. The van der Waals surface area contributed by atoms with Crippen LogP contribution in [-0.4, -0.2) is 31.4 Å². The fourth-order valence-electron chi connectivity index (χ4n) is 3.97. The molecule has 0 amide bonds. The molecule has 0 radical (unpaired) electrons. The molecule has 0 bridgehead atoms. The number of nitro groups is 1. The molecule has 0 unspecified atom stereocenters. The van der Waals surface area contributed by atoms with E-state index in [2.05, 4.69) is 20.3 Å². The summed E-state index contributed by atoms with van der Waals surface area (Å²) in [5.41, 5.74) is -0.0275. The van der Waals surface area contributed by atoms with Gasteiger partial charge >= 0.3 is 0 Å². The van der Waals surface area contributed by atoms with Crippen LogP contribution in [0.4, 0.5) is 11.4 Å². The molecule has 2 saturated carbocycles. The van der Waals surface area contributed by atoms with Gasteiger partial charge < -0.3 is 5.32 Å². The van der Waals surface area contributed by atoms with Crippen LogP contribution >= 0.6 is 0 Å². The zero-order chi connectivity index (χ0) is 21.6. The van der Waals surface area contributed by atoms with E-state index in [9.17, 15) is 18.5 Å². The predicted octanol–water partition coefficient (Wildman–Crippen LogP) is 2.99. The highest BCUT2D eigenvalue weighted by Crippen LogP contribution is 2.30. The SMILES string of the molecule is N#CNC(=NC1CCCCC1)NS(=O)(=O)c1cc([N+](=O)[O-])ccc1NC1CCCC1. The third kappa shape index (κ3) is 5.60. The first-order chi connectivity index (χ1) is 14.4. The summed E-state index contributed by atoms with van der Waals surface area (Å²) in [6.07, 6.45) is 10.4. The number of nitrogens with one attached hydrogen (secondary N) is 3. The number of hydrogen-bond acceptors (Lipinski definition) is 7. The van der Waals surface area contributed by atoms with Crippen molar-refractivity contribution >= 4 is 27.4 Å². The highest BCUT2D eigenvalue weighted by Gasteiger charge is 2.26. The van der Waals surface area contributed by atoms with Gasteiger partial charge in [-0.1, -0.05) is 32.1 Å². The van der Waals surface area contributed by atoms with E-state index in [0.29, 0.717) is 5.69 Å². The molecule has 0 heterocycles. The molecule has 10 nitrogen and oxygen atoms in total. The van der Waals surface area contributed by atoms with E-state index in [0.717, 1.165) is 63.9 Å². The number of nitro benzene ring substituents is 1. The summed E-state index contributed by atoms with van der Waals surface area (Å²) in [4.78, 5) is 14.7. The largest absolute Gasteiger partial charge is 0.381 e. The van der Waals surface area contributed by atoms with Crippen molar-refractivity contribution in [1.29, 1.82) is 5.26 Å². The fourth-order valence-corrected chi connectivity index (χ4v) is 5.13. The van der Waals surface area contributed by atoms with Crippen molar-refractivity contribution in [1.82, 2.24) is 10.0 Å². The molecule has 162 valence electrons. The van der Waals surface area contributed by atoms with Crippen molar-refractivity contribution in [2.45, 2.75) is 74.8 Å². The molecule has 0 aromatic heterocycles. The maximum atomic E-state index is 13.1. The molecule has 0 spiro atoms. The lowest BCUT2D eigenvalue weighted by molar-refractivity contribution is -0.385.